The molecule has 16 heavy (non-hydrogen) atoms. The van der Waals surface area contributed by atoms with Gasteiger partial charge in [-0.1, -0.05) is 25.7 Å². The van der Waals surface area contributed by atoms with Crippen LogP contribution >= 0.6 is 0 Å². The Bertz CT molecular complexity index is 361. The highest BCUT2D eigenvalue weighted by Crippen LogP contribution is 2.37. The first-order valence-corrected chi connectivity index (χ1v) is 6.51. The van der Waals surface area contributed by atoms with Gasteiger partial charge in [0.25, 0.3) is 0 Å². The molecular weight excluding hydrogens is 200 g/mol. The average Bonchev–Trinajstić information content (AvgIpc) is 2.86. The van der Waals surface area contributed by atoms with Crippen LogP contribution in [0.2, 0.25) is 0 Å². The molecule has 0 aliphatic heterocycles. The maximum absolute atomic E-state index is 5.71. The van der Waals surface area contributed by atoms with Gasteiger partial charge in [0, 0.05) is 12.5 Å². The summed E-state index contributed by atoms with van der Waals surface area (Å²) < 4.78 is 2.32. The fourth-order valence-corrected chi connectivity index (χ4v) is 2.87. The van der Waals surface area contributed by atoms with Gasteiger partial charge in [-0.05, 0) is 18.8 Å². The fourth-order valence-electron chi connectivity index (χ4n) is 2.87. The zero-order chi connectivity index (χ0) is 11.0. The molecule has 0 unspecified atom stereocenters. The minimum absolute atomic E-state index is 0.522. The first kappa shape index (κ1) is 10.3. The Labute approximate surface area is 96.2 Å². The molecule has 0 amide bonds. The third kappa shape index (κ3) is 1.86. The molecule has 2 saturated carbocycles. The van der Waals surface area contributed by atoms with E-state index in [1.165, 1.54) is 44.3 Å². The highest BCUT2D eigenvalue weighted by Gasteiger charge is 2.30. The maximum atomic E-state index is 5.71. The Hall–Kier alpha value is -0.900. The van der Waals surface area contributed by atoms with Crippen LogP contribution in [0.5, 0.6) is 0 Å². The van der Waals surface area contributed by atoms with Crippen LogP contribution in [0.25, 0.3) is 0 Å². The lowest BCUT2D eigenvalue weighted by Gasteiger charge is -2.11. The number of hydrogen-bond donors (Lipinski definition) is 1. The van der Waals surface area contributed by atoms with Crippen molar-refractivity contribution in [2.24, 2.45) is 11.7 Å². The van der Waals surface area contributed by atoms with Gasteiger partial charge in [-0.3, -0.25) is 0 Å². The molecule has 0 bridgehead atoms. The Balaban J connectivity index is 1.79. The minimum atomic E-state index is 0.522. The molecule has 4 heteroatoms. The van der Waals surface area contributed by atoms with E-state index in [1.807, 2.05) is 0 Å². The molecule has 88 valence electrons. The second-order valence-corrected chi connectivity index (χ2v) is 5.19. The monoisotopic (exact) mass is 220 g/mol. The molecule has 0 aromatic carbocycles. The first-order valence-electron chi connectivity index (χ1n) is 6.51. The molecule has 3 rings (SSSR count). The SMILES string of the molecule is NCc1nnc(CC2CCCC2)n1C1CC1. The first-order chi connectivity index (χ1) is 7.88. The molecule has 2 N–H and O–H groups in total. The van der Waals surface area contributed by atoms with Gasteiger partial charge < -0.3 is 10.3 Å². The van der Waals surface area contributed by atoms with Crippen LogP contribution in [0.15, 0.2) is 0 Å². The third-order valence-electron chi connectivity index (χ3n) is 3.88. The second kappa shape index (κ2) is 4.17. The van der Waals surface area contributed by atoms with E-state index in [0.717, 1.165) is 18.2 Å². The molecule has 2 aliphatic rings. The van der Waals surface area contributed by atoms with Crippen molar-refractivity contribution >= 4 is 0 Å². The van der Waals surface area contributed by atoms with Crippen LogP contribution < -0.4 is 5.73 Å². The number of nitrogens with two attached hydrogens (primary N) is 1. The molecule has 0 saturated heterocycles. The van der Waals surface area contributed by atoms with E-state index >= 15 is 0 Å². The van der Waals surface area contributed by atoms with Gasteiger partial charge in [0.2, 0.25) is 0 Å². The van der Waals surface area contributed by atoms with Crippen molar-refractivity contribution in [2.75, 3.05) is 0 Å². The summed E-state index contributed by atoms with van der Waals surface area (Å²) in [5.74, 6) is 3.01. The molecule has 1 heterocycles. The summed E-state index contributed by atoms with van der Waals surface area (Å²) in [4.78, 5) is 0. The van der Waals surface area contributed by atoms with Crippen molar-refractivity contribution < 1.29 is 0 Å². The molecular formula is C12H20N4. The van der Waals surface area contributed by atoms with Crippen molar-refractivity contribution in [2.45, 2.75) is 57.5 Å². The molecule has 1 aromatic heterocycles. The zero-order valence-electron chi connectivity index (χ0n) is 9.73. The quantitative estimate of drug-likeness (QED) is 0.841. The van der Waals surface area contributed by atoms with E-state index in [2.05, 4.69) is 14.8 Å². The summed E-state index contributed by atoms with van der Waals surface area (Å²) in [7, 11) is 0. The molecule has 0 spiro atoms. The van der Waals surface area contributed by atoms with E-state index in [0.29, 0.717) is 12.6 Å². The lowest BCUT2D eigenvalue weighted by molar-refractivity contribution is 0.506. The molecule has 2 aliphatic carbocycles. The molecule has 2 fully saturated rings. The average molecular weight is 220 g/mol. The van der Waals surface area contributed by atoms with E-state index in [1.54, 1.807) is 0 Å². The van der Waals surface area contributed by atoms with Crippen LogP contribution in [0, 0.1) is 5.92 Å². The van der Waals surface area contributed by atoms with Crippen molar-refractivity contribution in [3.63, 3.8) is 0 Å². The van der Waals surface area contributed by atoms with E-state index in [9.17, 15) is 0 Å². The van der Waals surface area contributed by atoms with Crippen molar-refractivity contribution in [1.29, 1.82) is 0 Å². The van der Waals surface area contributed by atoms with E-state index in [-0.39, 0.29) is 0 Å². The molecule has 4 nitrogen and oxygen atoms in total. The normalized spacial score (nSPS) is 21.8. The lowest BCUT2D eigenvalue weighted by Crippen LogP contribution is -2.12. The van der Waals surface area contributed by atoms with Crippen molar-refractivity contribution in [3.8, 4) is 0 Å². The van der Waals surface area contributed by atoms with Gasteiger partial charge in [-0.25, -0.2) is 0 Å². The second-order valence-electron chi connectivity index (χ2n) is 5.19. The van der Waals surface area contributed by atoms with Gasteiger partial charge in [0.05, 0.1) is 6.54 Å². The van der Waals surface area contributed by atoms with Gasteiger partial charge in [0.1, 0.15) is 11.6 Å². The third-order valence-corrected chi connectivity index (χ3v) is 3.88. The van der Waals surface area contributed by atoms with Gasteiger partial charge in [-0.15, -0.1) is 10.2 Å². The molecule has 1 aromatic rings. The zero-order valence-corrected chi connectivity index (χ0v) is 9.73. The highest BCUT2D eigenvalue weighted by atomic mass is 15.3. The number of aromatic nitrogens is 3. The van der Waals surface area contributed by atoms with Gasteiger partial charge in [-0.2, -0.15) is 0 Å². The minimum Gasteiger partial charge on any atom is -0.324 e. The Morgan fingerprint density at radius 2 is 1.75 bits per heavy atom. The smallest absolute Gasteiger partial charge is 0.147 e. The topological polar surface area (TPSA) is 56.7 Å². The van der Waals surface area contributed by atoms with Crippen molar-refractivity contribution in [3.05, 3.63) is 11.6 Å². The van der Waals surface area contributed by atoms with Crippen LogP contribution in [0.4, 0.5) is 0 Å². The summed E-state index contributed by atoms with van der Waals surface area (Å²) in [6.45, 7) is 0.522. The van der Waals surface area contributed by atoms with Gasteiger partial charge >= 0.3 is 0 Å². The Kier molecular flexibility index (Phi) is 2.67. The van der Waals surface area contributed by atoms with E-state index in [4.69, 9.17) is 5.73 Å². The summed E-state index contributed by atoms with van der Waals surface area (Å²) in [6.07, 6.45) is 9.21. The number of rotatable bonds is 4. The predicted molar refractivity (Wildman–Crippen MR) is 61.8 cm³/mol. The van der Waals surface area contributed by atoms with Crippen LogP contribution in [0.3, 0.4) is 0 Å². The predicted octanol–water partition coefficient (Wildman–Crippen LogP) is 1.80. The summed E-state index contributed by atoms with van der Waals surface area (Å²) in [6, 6.07) is 0.657. The number of nitrogens with zero attached hydrogens (tertiary/aromatic N) is 3. The lowest BCUT2D eigenvalue weighted by atomic mass is 10.0. The summed E-state index contributed by atoms with van der Waals surface area (Å²) in [5, 5.41) is 8.57. The Morgan fingerprint density at radius 1 is 1.06 bits per heavy atom. The largest absolute Gasteiger partial charge is 0.324 e. The standard InChI is InChI=1S/C12H20N4/c13-8-12-15-14-11(16(12)10-5-6-10)7-9-3-1-2-4-9/h9-10H,1-8,13H2. The fraction of sp³-hybridized carbons (Fsp3) is 0.833. The van der Waals surface area contributed by atoms with Crippen LogP contribution in [0.1, 0.15) is 56.2 Å². The van der Waals surface area contributed by atoms with Crippen LogP contribution in [-0.2, 0) is 13.0 Å². The highest BCUT2D eigenvalue weighted by molar-refractivity contribution is 5.03. The van der Waals surface area contributed by atoms with Gasteiger partial charge in [0.15, 0.2) is 0 Å². The number of hydrogen-bond acceptors (Lipinski definition) is 3. The van der Waals surface area contributed by atoms with Crippen molar-refractivity contribution in [1.82, 2.24) is 14.8 Å². The summed E-state index contributed by atoms with van der Waals surface area (Å²) >= 11 is 0. The molecule has 0 atom stereocenters. The maximum Gasteiger partial charge on any atom is 0.147 e. The molecule has 0 radical (unpaired) electrons. The van der Waals surface area contributed by atoms with E-state index < -0.39 is 0 Å². The van der Waals surface area contributed by atoms with Crippen LogP contribution in [-0.4, -0.2) is 14.8 Å². The summed E-state index contributed by atoms with van der Waals surface area (Å²) in [5.41, 5.74) is 5.71. The Morgan fingerprint density at radius 3 is 2.38 bits per heavy atom.